The molecule has 0 amide bonds. The van der Waals surface area contributed by atoms with E-state index < -0.39 is 17.9 Å². The standard InChI is InChI=1S/C18H19Cl2NO4.C10H8N2/c1-5-25-18(23)14-10(3)21-9(2)13(17(22)24-4)15(14)11-7-6-8-12(19)16(11)20;1-5-11-6-2-9(1)10-3-7-12-8-4-10/h6-8,15,21H,5H2,1-4H3;1-8H/t15-;/m1./s1. The van der Waals surface area contributed by atoms with Crippen molar-refractivity contribution in [1.29, 1.82) is 0 Å². The van der Waals surface area contributed by atoms with Crippen molar-refractivity contribution in [2.45, 2.75) is 26.7 Å². The molecule has 37 heavy (non-hydrogen) atoms. The molecular formula is C28H27Cl2N3O4. The summed E-state index contributed by atoms with van der Waals surface area (Å²) in [4.78, 5) is 32.9. The van der Waals surface area contributed by atoms with Gasteiger partial charge < -0.3 is 14.8 Å². The van der Waals surface area contributed by atoms with Gasteiger partial charge in [0.25, 0.3) is 0 Å². The van der Waals surface area contributed by atoms with Gasteiger partial charge in [0, 0.05) is 36.2 Å². The lowest BCUT2D eigenvalue weighted by Gasteiger charge is -2.30. The van der Waals surface area contributed by atoms with Gasteiger partial charge in [-0.3, -0.25) is 9.97 Å². The molecule has 1 aliphatic rings. The molecule has 0 radical (unpaired) electrons. The maximum Gasteiger partial charge on any atom is 0.336 e. The van der Waals surface area contributed by atoms with Crippen LogP contribution in [-0.2, 0) is 19.1 Å². The summed E-state index contributed by atoms with van der Waals surface area (Å²) in [5.41, 5.74) is 4.65. The molecular weight excluding hydrogens is 513 g/mol. The number of hydrogen-bond donors (Lipinski definition) is 1. The van der Waals surface area contributed by atoms with Gasteiger partial charge in [-0.2, -0.15) is 0 Å². The molecule has 0 spiro atoms. The normalized spacial score (nSPS) is 14.8. The summed E-state index contributed by atoms with van der Waals surface area (Å²) in [5.74, 6) is -1.82. The van der Waals surface area contributed by atoms with Crippen LogP contribution in [0.25, 0.3) is 11.1 Å². The lowest BCUT2D eigenvalue weighted by Crippen LogP contribution is -2.32. The van der Waals surface area contributed by atoms with Crippen LogP contribution in [0, 0.1) is 0 Å². The number of nitrogens with zero attached hydrogens (tertiary/aromatic N) is 2. The third-order valence-corrected chi connectivity index (χ3v) is 6.48. The van der Waals surface area contributed by atoms with Crippen molar-refractivity contribution in [2.24, 2.45) is 0 Å². The fraction of sp³-hybridized carbons (Fsp3) is 0.214. The highest BCUT2D eigenvalue weighted by molar-refractivity contribution is 6.42. The van der Waals surface area contributed by atoms with Gasteiger partial charge in [-0.15, -0.1) is 0 Å². The second-order valence-corrected chi connectivity index (χ2v) is 8.75. The van der Waals surface area contributed by atoms with E-state index in [2.05, 4.69) is 15.3 Å². The fourth-order valence-corrected chi connectivity index (χ4v) is 4.41. The highest BCUT2D eigenvalue weighted by Crippen LogP contribution is 2.43. The van der Waals surface area contributed by atoms with Gasteiger partial charge in [0.05, 0.1) is 40.8 Å². The second kappa shape index (κ2) is 13.0. The Morgan fingerprint density at radius 3 is 1.86 bits per heavy atom. The van der Waals surface area contributed by atoms with Crippen molar-refractivity contribution in [3.8, 4) is 11.1 Å². The van der Waals surface area contributed by atoms with Crippen molar-refractivity contribution in [1.82, 2.24) is 15.3 Å². The molecule has 0 saturated carbocycles. The third kappa shape index (κ3) is 6.56. The number of allylic oxidation sites excluding steroid dienone is 2. The van der Waals surface area contributed by atoms with Gasteiger partial charge in [0.2, 0.25) is 0 Å². The number of nitrogens with one attached hydrogen (secondary N) is 1. The van der Waals surface area contributed by atoms with Gasteiger partial charge in [-0.1, -0.05) is 35.3 Å². The molecule has 1 N–H and O–H groups in total. The Bertz CT molecular complexity index is 1290. The van der Waals surface area contributed by atoms with Crippen molar-refractivity contribution >= 4 is 35.1 Å². The van der Waals surface area contributed by atoms with E-state index in [9.17, 15) is 9.59 Å². The first-order valence-electron chi connectivity index (χ1n) is 11.5. The Morgan fingerprint density at radius 2 is 1.38 bits per heavy atom. The number of carbonyl (C=O) groups is 2. The molecule has 9 heteroatoms. The number of pyridine rings is 2. The molecule has 4 rings (SSSR count). The predicted octanol–water partition coefficient (Wildman–Crippen LogP) is 6.11. The number of esters is 2. The Hall–Kier alpha value is -3.68. The van der Waals surface area contributed by atoms with Gasteiger partial charge >= 0.3 is 11.9 Å². The first kappa shape index (κ1) is 27.9. The zero-order chi connectivity index (χ0) is 26.9. The highest BCUT2D eigenvalue weighted by atomic mass is 35.5. The number of ether oxygens (including phenoxy) is 2. The lowest BCUT2D eigenvalue weighted by molar-refractivity contribution is -0.139. The summed E-state index contributed by atoms with van der Waals surface area (Å²) in [7, 11) is 1.29. The average Bonchev–Trinajstić information content (AvgIpc) is 2.91. The maximum atomic E-state index is 12.6. The first-order chi connectivity index (χ1) is 17.8. The molecule has 192 valence electrons. The molecule has 1 atom stereocenters. The van der Waals surface area contributed by atoms with E-state index in [-0.39, 0.29) is 11.6 Å². The highest BCUT2D eigenvalue weighted by Gasteiger charge is 2.38. The number of aromatic nitrogens is 2. The summed E-state index contributed by atoms with van der Waals surface area (Å²) in [6.45, 7) is 5.41. The number of hydrogen-bond acceptors (Lipinski definition) is 7. The van der Waals surface area contributed by atoms with Crippen LogP contribution in [0.15, 0.2) is 89.8 Å². The van der Waals surface area contributed by atoms with E-state index in [4.69, 9.17) is 32.7 Å². The van der Waals surface area contributed by atoms with Crippen molar-refractivity contribution < 1.29 is 19.1 Å². The number of rotatable bonds is 5. The van der Waals surface area contributed by atoms with Crippen LogP contribution in [0.2, 0.25) is 10.0 Å². The van der Waals surface area contributed by atoms with Crippen molar-refractivity contribution in [3.05, 3.63) is 105 Å². The number of benzene rings is 1. The van der Waals surface area contributed by atoms with E-state index in [1.165, 1.54) is 18.2 Å². The molecule has 3 aromatic rings. The number of carbonyl (C=O) groups excluding carboxylic acids is 2. The van der Waals surface area contributed by atoms with Crippen LogP contribution in [0.5, 0.6) is 0 Å². The molecule has 0 fully saturated rings. The van der Waals surface area contributed by atoms with E-state index >= 15 is 0 Å². The smallest absolute Gasteiger partial charge is 0.336 e. The summed E-state index contributed by atoms with van der Waals surface area (Å²) >= 11 is 12.5. The third-order valence-electron chi connectivity index (χ3n) is 5.65. The monoisotopic (exact) mass is 539 g/mol. The van der Waals surface area contributed by atoms with Crippen LogP contribution in [0.3, 0.4) is 0 Å². The molecule has 0 saturated heterocycles. The van der Waals surface area contributed by atoms with E-state index in [0.29, 0.717) is 33.1 Å². The van der Waals surface area contributed by atoms with E-state index in [0.717, 1.165) is 0 Å². The Morgan fingerprint density at radius 1 is 0.865 bits per heavy atom. The van der Waals surface area contributed by atoms with E-state index in [1.807, 2.05) is 24.3 Å². The van der Waals surface area contributed by atoms with Gasteiger partial charge in [-0.05, 0) is 67.8 Å². The first-order valence-corrected chi connectivity index (χ1v) is 12.2. The maximum absolute atomic E-state index is 12.6. The topological polar surface area (TPSA) is 90.4 Å². The SMILES string of the molecule is CCOC(=O)C1=C(C)NC(C)=C(C(=O)OC)[C@H]1c1cccc(Cl)c1Cl.c1cc(-c2ccncc2)ccn1. The minimum atomic E-state index is -0.737. The summed E-state index contributed by atoms with van der Waals surface area (Å²) in [6, 6.07) is 13.0. The summed E-state index contributed by atoms with van der Waals surface area (Å²) in [5, 5.41) is 3.66. The van der Waals surface area contributed by atoms with E-state index in [1.54, 1.807) is 63.8 Å². The number of halogens is 2. The van der Waals surface area contributed by atoms with Crippen molar-refractivity contribution in [2.75, 3.05) is 13.7 Å². The molecule has 1 aromatic carbocycles. The lowest BCUT2D eigenvalue weighted by atomic mass is 9.80. The predicted molar refractivity (Wildman–Crippen MR) is 144 cm³/mol. The van der Waals surface area contributed by atoms with Crippen LogP contribution in [0.1, 0.15) is 32.3 Å². The number of methoxy groups -OCH3 is 1. The quantitative estimate of drug-likeness (QED) is 0.391. The largest absolute Gasteiger partial charge is 0.466 e. The molecule has 3 heterocycles. The molecule has 0 aliphatic carbocycles. The minimum absolute atomic E-state index is 0.210. The zero-order valence-corrected chi connectivity index (χ0v) is 22.4. The van der Waals surface area contributed by atoms with Crippen LogP contribution in [-0.4, -0.2) is 35.6 Å². The number of dihydropyridines is 1. The Balaban J connectivity index is 0.000000262. The molecule has 1 aliphatic heterocycles. The molecule has 0 unspecified atom stereocenters. The summed E-state index contributed by atoms with van der Waals surface area (Å²) < 4.78 is 10.1. The van der Waals surface area contributed by atoms with Crippen LogP contribution >= 0.6 is 23.2 Å². The van der Waals surface area contributed by atoms with Crippen molar-refractivity contribution in [3.63, 3.8) is 0 Å². The van der Waals surface area contributed by atoms with Crippen LogP contribution in [0.4, 0.5) is 0 Å². The fourth-order valence-electron chi connectivity index (χ4n) is 4.00. The van der Waals surface area contributed by atoms with Crippen LogP contribution < -0.4 is 5.32 Å². The average molecular weight is 540 g/mol. The summed E-state index contributed by atoms with van der Waals surface area (Å²) in [6.07, 6.45) is 7.15. The zero-order valence-electron chi connectivity index (χ0n) is 20.9. The Labute approximate surface area is 226 Å². The minimum Gasteiger partial charge on any atom is -0.466 e. The second-order valence-electron chi connectivity index (χ2n) is 7.96. The molecule has 0 bridgehead atoms. The van der Waals surface area contributed by atoms with Gasteiger partial charge in [-0.25, -0.2) is 9.59 Å². The van der Waals surface area contributed by atoms with Gasteiger partial charge in [0.15, 0.2) is 0 Å². The molecule has 2 aromatic heterocycles. The van der Waals surface area contributed by atoms with Gasteiger partial charge in [0.1, 0.15) is 0 Å². The molecule has 7 nitrogen and oxygen atoms in total. The Kier molecular flexibility index (Phi) is 9.83.